The molecular weight excluding hydrogens is 353 g/mol. The van der Waals surface area contributed by atoms with Crippen LogP contribution in [-0.4, -0.2) is 26.4 Å². The Balaban J connectivity index is 2.41. The highest BCUT2D eigenvalue weighted by Crippen LogP contribution is 2.35. The van der Waals surface area contributed by atoms with Crippen molar-refractivity contribution in [2.45, 2.75) is 13.1 Å². The Morgan fingerprint density at radius 1 is 1.25 bits per heavy atom. The molecule has 0 aliphatic rings. The molecule has 2 rings (SSSR count). The zero-order chi connectivity index (χ0) is 17.9. The van der Waals surface area contributed by atoms with E-state index < -0.39 is 22.4 Å². The second-order valence-corrected chi connectivity index (χ2v) is 4.79. The Kier molecular flexibility index (Phi) is 5.02. The smallest absolute Gasteiger partial charge is 0.364 e. The van der Waals surface area contributed by atoms with Gasteiger partial charge in [0.15, 0.2) is 5.82 Å². The first-order valence-corrected chi connectivity index (χ1v) is 6.84. The maximum absolute atomic E-state index is 12.6. The van der Waals surface area contributed by atoms with Crippen molar-refractivity contribution in [3.05, 3.63) is 39.3 Å². The summed E-state index contributed by atoms with van der Waals surface area (Å²) in [4.78, 5) is 21.5. The van der Waals surface area contributed by atoms with Gasteiger partial charge in [-0.15, -0.1) is 0 Å². The van der Waals surface area contributed by atoms with Crippen molar-refractivity contribution in [1.29, 1.82) is 0 Å². The first-order chi connectivity index (χ1) is 11.2. The molecule has 0 unspecified atom stereocenters. The van der Waals surface area contributed by atoms with Gasteiger partial charge in [0.2, 0.25) is 11.6 Å². The van der Waals surface area contributed by atoms with Crippen molar-refractivity contribution >= 4 is 34.7 Å². The fraction of sp³-hybridized carbons (Fsp3) is 0.250. The molecule has 2 aromatic heterocycles. The third kappa shape index (κ3) is 3.79. The molecule has 0 bridgehead atoms. The maximum atomic E-state index is 12.6. The highest BCUT2D eigenvalue weighted by molar-refractivity contribution is 6.33. The maximum Gasteiger partial charge on any atom is 0.417 e. The number of alkyl halides is 3. The Bertz CT molecular complexity index is 771. The second kappa shape index (κ2) is 6.83. The van der Waals surface area contributed by atoms with Crippen LogP contribution in [0.25, 0.3) is 0 Å². The number of nitrogens with zero attached hydrogens (tertiary/aromatic N) is 4. The highest BCUT2D eigenvalue weighted by atomic mass is 35.5. The van der Waals surface area contributed by atoms with Crippen LogP contribution in [-0.2, 0) is 6.18 Å². The van der Waals surface area contributed by atoms with Crippen LogP contribution in [0.3, 0.4) is 0 Å². The Labute approximate surface area is 138 Å². The van der Waals surface area contributed by atoms with E-state index in [-0.39, 0.29) is 22.5 Å². The molecule has 0 saturated heterocycles. The lowest BCUT2D eigenvalue weighted by atomic mass is 10.2. The molecule has 0 aromatic carbocycles. The van der Waals surface area contributed by atoms with Crippen LogP contribution in [0, 0.1) is 10.1 Å². The minimum Gasteiger partial charge on any atom is -0.364 e. The van der Waals surface area contributed by atoms with Crippen LogP contribution in [0.5, 0.6) is 0 Å². The van der Waals surface area contributed by atoms with Gasteiger partial charge in [0, 0.05) is 12.7 Å². The van der Waals surface area contributed by atoms with Crippen LogP contribution in [0.1, 0.15) is 12.5 Å². The van der Waals surface area contributed by atoms with Crippen molar-refractivity contribution in [2.24, 2.45) is 0 Å². The summed E-state index contributed by atoms with van der Waals surface area (Å²) >= 11 is 5.76. The van der Waals surface area contributed by atoms with E-state index >= 15 is 0 Å². The van der Waals surface area contributed by atoms with Crippen LogP contribution in [0.4, 0.5) is 36.3 Å². The van der Waals surface area contributed by atoms with Gasteiger partial charge >= 0.3 is 11.9 Å². The van der Waals surface area contributed by atoms with E-state index in [4.69, 9.17) is 11.6 Å². The third-order valence-corrected chi connectivity index (χ3v) is 3.04. The highest BCUT2D eigenvalue weighted by Gasteiger charge is 2.32. The molecule has 0 radical (unpaired) electrons. The summed E-state index contributed by atoms with van der Waals surface area (Å²) in [6.07, 6.45) is -2.98. The summed E-state index contributed by atoms with van der Waals surface area (Å²) in [7, 11) is 0. The Morgan fingerprint density at radius 3 is 2.46 bits per heavy atom. The number of anilines is 3. The predicted molar refractivity (Wildman–Crippen MR) is 80.4 cm³/mol. The average Bonchev–Trinajstić information content (AvgIpc) is 2.48. The van der Waals surface area contributed by atoms with Crippen molar-refractivity contribution in [1.82, 2.24) is 15.0 Å². The zero-order valence-corrected chi connectivity index (χ0v) is 12.8. The summed E-state index contributed by atoms with van der Waals surface area (Å²) in [6.45, 7) is 2.09. The summed E-state index contributed by atoms with van der Waals surface area (Å²) in [5.74, 6) is -0.489. The van der Waals surface area contributed by atoms with E-state index in [1.807, 2.05) is 0 Å². The largest absolute Gasteiger partial charge is 0.417 e. The number of pyridine rings is 1. The number of halogens is 4. The number of rotatable bonds is 5. The predicted octanol–water partition coefficient (Wildman–Crippen LogP) is 3.63. The molecule has 2 aromatic rings. The number of hydrogen-bond acceptors (Lipinski definition) is 7. The molecule has 0 amide bonds. The molecular formula is C12H10ClF3N6O2. The van der Waals surface area contributed by atoms with Gasteiger partial charge in [-0.3, -0.25) is 10.1 Å². The molecule has 24 heavy (non-hydrogen) atoms. The van der Waals surface area contributed by atoms with Crippen molar-refractivity contribution in [3.8, 4) is 0 Å². The topological polar surface area (TPSA) is 106 Å². The molecule has 0 saturated carbocycles. The van der Waals surface area contributed by atoms with Crippen LogP contribution in [0.2, 0.25) is 5.02 Å². The number of nitrogens with one attached hydrogen (secondary N) is 2. The van der Waals surface area contributed by atoms with Gasteiger partial charge in [0.25, 0.3) is 0 Å². The molecule has 12 heteroatoms. The van der Waals surface area contributed by atoms with E-state index in [0.29, 0.717) is 18.8 Å². The molecule has 0 aliphatic carbocycles. The van der Waals surface area contributed by atoms with E-state index in [2.05, 4.69) is 25.6 Å². The third-order valence-electron chi connectivity index (χ3n) is 2.75. The lowest BCUT2D eigenvalue weighted by Crippen LogP contribution is -2.09. The van der Waals surface area contributed by atoms with Crippen molar-refractivity contribution in [3.63, 3.8) is 0 Å². The zero-order valence-electron chi connectivity index (χ0n) is 12.1. The molecule has 2 heterocycles. The van der Waals surface area contributed by atoms with Gasteiger partial charge in [-0.25, -0.2) is 15.0 Å². The van der Waals surface area contributed by atoms with Gasteiger partial charge in [0.05, 0.1) is 15.5 Å². The number of hydrogen-bond donors (Lipinski definition) is 2. The lowest BCUT2D eigenvalue weighted by molar-refractivity contribution is -0.383. The first-order valence-electron chi connectivity index (χ1n) is 6.47. The SMILES string of the molecule is CCNc1ncnc(Nc2ncc(C(F)(F)F)cc2Cl)c1[N+](=O)[O-]. The summed E-state index contributed by atoms with van der Waals surface area (Å²) < 4.78 is 37.8. The van der Waals surface area contributed by atoms with Crippen molar-refractivity contribution in [2.75, 3.05) is 17.2 Å². The molecule has 128 valence electrons. The van der Waals surface area contributed by atoms with Gasteiger partial charge in [-0.2, -0.15) is 13.2 Å². The van der Waals surface area contributed by atoms with E-state index in [1.165, 1.54) is 0 Å². The fourth-order valence-electron chi connectivity index (χ4n) is 1.74. The second-order valence-electron chi connectivity index (χ2n) is 4.38. The van der Waals surface area contributed by atoms with Crippen molar-refractivity contribution < 1.29 is 18.1 Å². The molecule has 0 spiro atoms. The monoisotopic (exact) mass is 362 g/mol. The minimum atomic E-state index is -4.60. The molecule has 0 fully saturated rings. The van der Waals surface area contributed by atoms with Gasteiger partial charge in [-0.05, 0) is 13.0 Å². The number of nitro groups is 1. The quantitative estimate of drug-likeness (QED) is 0.618. The first kappa shape index (κ1) is 17.7. The summed E-state index contributed by atoms with van der Waals surface area (Å²) in [5, 5.41) is 16.0. The van der Waals surface area contributed by atoms with Gasteiger partial charge < -0.3 is 10.6 Å². The summed E-state index contributed by atoms with van der Waals surface area (Å²) in [6, 6.07) is 0.662. The molecule has 0 atom stereocenters. The van der Waals surface area contributed by atoms with Crippen LogP contribution >= 0.6 is 11.6 Å². The van der Waals surface area contributed by atoms with E-state index in [1.54, 1.807) is 6.92 Å². The number of aromatic nitrogens is 3. The summed E-state index contributed by atoms with van der Waals surface area (Å²) in [5.41, 5.74) is -1.51. The standard InChI is InChI=1S/C12H10ClF3N6O2/c1-2-17-10-8(22(23)24)11(20-5-19-10)21-9-7(13)3-6(4-18-9)12(14,15)16/h3-5H,2H2,1H3,(H2,17,18,19,20,21). The molecule has 0 aliphatic heterocycles. The van der Waals surface area contributed by atoms with Crippen LogP contribution in [0.15, 0.2) is 18.6 Å². The fourth-order valence-corrected chi connectivity index (χ4v) is 1.95. The average molecular weight is 363 g/mol. The Hall–Kier alpha value is -2.69. The normalized spacial score (nSPS) is 11.2. The van der Waals surface area contributed by atoms with Crippen LogP contribution < -0.4 is 10.6 Å². The molecule has 8 nitrogen and oxygen atoms in total. The lowest BCUT2D eigenvalue weighted by Gasteiger charge is -2.11. The van der Waals surface area contributed by atoms with E-state index in [0.717, 1.165) is 6.33 Å². The molecule has 2 N–H and O–H groups in total. The van der Waals surface area contributed by atoms with Gasteiger partial charge in [0.1, 0.15) is 6.33 Å². The minimum absolute atomic E-state index is 0.0389. The van der Waals surface area contributed by atoms with Gasteiger partial charge in [-0.1, -0.05) is 11.6 Å². The Morgan fingerprint density at radius 2 is 1.92 bits per heavy atom. The van der Waals surface area contributed by atoms with E-state index in [9.17, 15) is 23.3 Å².